The Bertz CT molecular complexity index is 303. The molecule has 0 N–H and O–H groups in total. The molecule has 72 valence electrons. The minimum atomic E-state index is 1.15. The van der Waals surface area contributed by atoms with Crippen LogP contribution in [0, 0.1) is 34.6 Å². The van der Waals surface area contributed by atoms with Crippen molar-refractivity contribution in [1.82, 2.24) is 0 Å². The lowest BCUT2D eigenvalue weighted by atomic mass is 9.89. The summed E-state index contributed by atoms with van der Waals surface area (Å²) in [6.45, 7) is 13.4. The highest BCUT2D eigenvalue weighted by Gasteiger charge is 2.09. The van der Waals surface area contributed by atoms with Gasteiger partial charge in [0.15, 0.2) is 0 Å². The van der Waals surface area contributed by atoms with E-state index in [0.717, 1.165) is 6.42 Å². The molecule has 1 aromatic rings. The van der Waals surface area contributed by atoms with Crippen LogP contribution in [0.2, 0.25) is 0 Å². The molecule has 0 heterocycles. The standard InChI is InChI=1S/C13H20/c1-7-13-11(5)9(3)8(2)10(4)12(13)6/h7H2,1-6H3. The number of benzene rings is 1. The number of rotatable bonds is 1. The average Bonchev–Trinajstić information content (AvgIpc) is 2.13. The van der Waals surface area contributed by atoms with Crippen molar-refractivity contribution in [1.29, 1.82) is 0 Å². The van der Waals surface area contributed by atoms with Gasteiger partial charge in [-0.2, -0.15) is 0 Å². The molecule has 1 aromatic carbocycles. The molecule has 1 rings (SSSR count). The molecular formula is C13H20. The zero-order valence-corrected chi connectivity index (χ0v) is 9.71. The van der Waals surface area contributed by atoms with E-state index < -0.39 is 0 Å². The summed E-state index contributed by atoms with van der Waals surface area (Å²) in [5.41, 5.74) is 8.93. The molecule has 0 aliphatic carbocycles. The molecule has 0 aliphatic rings. The molecule has 0 unspecified atom stereocenters. The SMILES string of the molecule is CCc1c(C)c(C)c(C)c(C)c1C. The van der Waals surface area contributed by atoms with Crippen molar-refractivity contribution in [3.63, 3.8) is 0 Å². The van der Waals surface area contributed by atoms with Gasteiger partial charge in [0.1, 0.15) is 0 Å². The van der Waals surface area contributed by atoms with E-state index in [1.807, 2.05) is 0 Å². The summed E-state index contributed by atoms with van der Waals surface area (Å²) in [4.78, 5) is 0. The molecule has 0 heteroatoms. The van der Waals surface area contributed by atoms with Gasteiger partial charge in [-0.1, -0.05) is 6.92 Å². The van der Waals surface area contributed by atoms with Gasteiger partial charge >= 0.3 is 0 Å². The average molecular weight is 176 g/mol. The van der Waals surface area contributed by atoms with Crippen LogP contribution in [-0.4, -0.2) is 0 Å². The van der Waals surface area contributed by atoms with E-state index in [1.165, 1.54) is 27.8 Å². The second-order valence-electron chi connectivity index (χ2n) is 3.96. The van der Waals surface area contributed by atoms with E-state index in [2.05, 4.69) is 41.5 Å². The summed E-state index contributed by atoms with van der Waals surface area (Å²) in [7, 11) is 0. The van der Waals surface area contributed by atoms with Gasteiger partial charge in [0.25, 0.3) is 0 Å². The van der Waals surface area contributed by atoms with E-state index in [0.29, 0.717) is 0 Å². The van der Waals surface area contributed by atoms with Crippen molar-refractivity contribution >= 4 is 0 Å². The van der Waals surface area contributed by atoms with Crippen LogP contribution in [0.25, 0.3) is 0 Å². The van der Waals surface area contributed by atoms with Gasteiger partial charge in [-0.3, -0.25) is 0 Å². The van der Waals surface area contributed by atoms with Gasteiger partial charge < -0.3 is 0 Å². The van der Waals surface area contributed by atoms with Crippen molar-refractivity contribution < 1.29 is 0 Å². The minimum absolute atomic E-state index is 1.15. The third kappa shape index (κ3) is 1.50. The van der Waals surface area contributed by atoms with E-state index in [4.69, 9.17) is 0 Å². The third-order valence-corrected chi connectivity index (χ3v) is 3.51. The fourth-order valence-corrected chi connectivity index (χ4v) is 2.11. The van der Waals surface area contributed by atoms with Crippen LogP contribution < -0.4 is 0 Å². The van der Waals surface area contributed by atoms with Crippen LogP contribution in [-0.2, 0) is 6.42 Å². The molecule has 0 saturated carbocycles. The smallest absolute Gasteiger partial charge is 0.0302 e. The Labute approximate surface area is 82.0 Å². The fourth-order valence-electron chi connectivity index (χ4n) is 2.11. The number of hydrogen-bond donors (Lipinski definition) is 0. The van der Waals surface area contributed by atoms with E-state index in [-0.39, 0.29) is 0 Å². The predicted molar refractivity (Wildman–Crippen MR) is 59.5 cm³/mol. The van der Waals surface area contributed by atoms with Gasteiger partial charge in [-0.15, -0.1) is 0 Å². The summed E-state index contributed by atoms with van der Waals surface area (Å²) in [6, 6.07) is 0. The fraction of sp³-hybridized carbons (Fsp3) is 0.538. The van der Waals surface area contributed by atoms with Crippen LogP contribution in [0.15, 0.2) is 0 Å². The molecule has 13 heavy (non-hydrogen) atoms. The van der Waals surface area contributed by atoms with Gasteiger partial charge in [0, 0.05) is 0 Å². The maximum absolute atomic E-state index is 2.24. The highest BCUT2D eigenvalue weighted by atomic mass is 14.1. The zero-order valence-electron chi connectivity index (χ0n) is 9.71. The lowest BCUT2D eigenvalue weighted by Crippen LogP contribution is -2.01. The molecule has 0 fully saturated rings. The molecule has 0 aliphatic heterocycles. The molecule has 0 saturated heterocycles. The summed E-state index contributed by atoms with van der Waals surface area (Å²) in [5.74, 6) is 0. The predicted octanol–water partition coefficient (Wildman–Crippen LogP) is 3.79. The van der Waals surface area contributed by atoms with Crippen molar-refractivity contribution in [3.8, 4) is 0 Å². The first-order chi connectivity index (χ1) is 6.00. The highest BCUT2D eigenvalue weighted by molar-refractivity contribution is 5.49. The van der Waals surface area contributed by atoms with Crippen LogP contribution in [0.3, 0.4) is 0 Å². The monoisotopic (exact) mass is 176 g/mol. The maximum Gasteiger partial charge on any atom is -0.0302 e. The molecule has 0 amide bonds. The lowest BCUT2D eigenvalue weighted by molar-refractivity contribution is 1.03. The van der Waals surface area contributed by atoms with Gasteiger partial charge in [-0.05, 0) is 74.4 Å². The normalized spacial score (nSPS) is 10.6. The molecule has 0 nitrogen and oxygen atoms in total. The molecular weight excluding hydrogens is 156 g/mol. The van der Waals surface area contributed by atoms with Gasteiger partial charge in [0.05, 0.1) is 0 Å². The van der Waals surface area contributed by atoms with Crippen LogP contribution >= 0.6 is 0 Å². The molecule has 0 bridgehead atoms. The Morgan fingerprint density at radius 1 is 0.615 bits per heavy atom. The first kappa shape index (κ1) is 10.3. The van der Waals surface area contributed by atoms with E-state index in [9.17, 15) is 0 Å². The maximum atomic E-state index is 2.24. The van der Waals surface area contributed by atoms with Crippen molar-refractivity contribution in [3.05, 3.63) is 33.4 Å². The van der Waals surface area contributed by atoms with Crippen LogP contribution in [0.4, 0.5) is 0 Å². The number of hydrogen-bond acceptors (Lipinski definition) is 0. The van der Waals surface area contributed by atoms with Gasteiger partial charge in [0.2, 0.25) is 0 Å². The van der Waals surface area contributed by atoms with Crippen LogP contribution in [0.1, 0.15) is 40.3 Å². The van der Waals surface area contributed by atoms with Gasteiger partial charge in [-0.25, -0.2) is 0 Å². The first-order valence-electron chi connectivity index (χ1n) is 5.06. The first-order valence-corrected chi connectivity index (χ1v) is 5.06. The zero-order chi connectivity index (χ0) is 10.2. The highest BCUT2D eigenvalue weighted by Crippen LogP contribution is 2.25. The van der Waals surface area contributed by atoms with Crippen LogP contribution in [0.5, 0.6) is 0 Å². The molecule has 0 aromatic heterocycles. The molecule has 0 atom stereocenters. The summed E-state index contributed by atoms with van der Waals surface area (Å²) in [6.07, 6.45) is 1.15. The summed E-state index contributed by atoms with van der Waals surface area (Å²) < 4.78 is 0. The summed E-state index contributed by atoms with van der Waals surface area (Å²) in [5, 5.41) is 0. The quantitative estimate of drug-likeness (QED) is 0.610. The Morgan fingerprint density at radius 3 is 1.23 bits per heavy atom. The third-order valence-electron chi connectivity index (χ3n) is 3.51. The molecule has 0 radical (unpaired) electrons. The van der Waals surface area contributed by atoms with E-state index in [1.54, 1.807) is 5.56 Å². The lowest BCUT2D eigenvalue weighted by Gasteiger charge is -2.17. The van der Waals surface area contributed by atoms with Crippen molar-refractivity contribution in [2.75, 3.05) is 0 Å². The van der Waals surface area contributed by atoms with Crippen molar-refractivity contribution in [2.45, 2.75) is 48.0 Å². The Kier molecular flexibility index (Phi) is 2.80. The Morgan fingerprint density at radius 2 is 0.923 bits per heavy atom. The second-order valence-corrected chi connectivity index (χ2v) is 3.96. The van der Waals surface area contributed by atoms with Crippen molar-refractivity contribution in [2.24, 2.45) is 0 Å². The summed E-state index contributed by atoms with van der Waals surface area (Å²) >= 11 is 0. The Hall–Kier alpha value is -0.780. The topological polar surface area (TPSA) is 0 Å². The Balaban J connectivity index is 3.56. The molecule has 0 spiro atoms. The van der Waals surface area contributed by atoms with E-state index >= 15 is 0 Å². The largest absolute Gasteiger partial charge is 0.0613 e. The second kappa shape index (κ2) is 3.53. The minimum Gasteiger partial charge on any atom is -0.0613 e.